The zero-order valence-corrected chi connectivity index (χ0v) is 13.0. The lowest BCUT2D eigenvalue weighted by molar-refractivity contribution is -0.0314. The summed E-state index contributed by atoms with van der Waals surface area (Å²) < 4.78 is 22.8. The van der Waals surface area contributed by atoms with E-state index >= 15 is 0 Å². The molecule has 0 aliphatic carbocycles. The first-order valence-electron chi connectivity index (χ1n) is 6.70. The Hall–Kier alpha value is -1.62. The van der Waals surface area contributed by atoms with Crippen molar-refractivity contribution in [1.29, 1.82) is 0 Å². The molecule has 128 valence electrons. The van der Waals surface area contributed by atoms with Crippen LogP contribution in [-0.4, -0.2) is 60.6 Å². The van der Waals surface area contributed by atoms with Crippen LogP contribution in [0.15, 0.2) is 12.7 Å². The Morgan fingerprint density at radius 1 is 1.30 bits per heavy atom. The first kappa shape index (κ1) is 17.7. The van der Waals surface area contributed by atoms with E-state index in [2.05, 4.69) is 15.0 Å². The third-order valence-corrected chi connectivity index (χ3v) is 3.39. The standard InChI is InChI=1S/C11H18N5O6P/c12-10-9-11(14-5-13-10)16(6-15-9)8(22-4-2-17)1-3-21-7-23(18,19)20/h5-6,8,17H,1-4,7H2,(H2,12,13,14)(H2,18,19,20)/t8-/m1/s1. The number of nitrogens with two attached hydrogens (primary N) is 1. The topological polar surface area (TPSA) is 166 Å². The zero-order valence-electron chi connectivity index (χ0n) is 12.1. The van der Waals surface area contributed by atoms with Crippen molar-refractivity contribution in [2.24, 2.45) is 0 Å². The van der Waals surface area contributed by atoms with Gasteiger partial charge in [-0.2, -0.15) is 0 Å². The molecule has 12 heteroatoms. The number of fused-ring (bicyclic) bond motifs is 1. The number of rotatable bonds is 9. The molecule has 0 saturated carbocycles. The second kappa shape index (κ2) is 7.77. The van der Waals surface area contributed by atoms with E-state index in [0.29, 0.717) is 11.2 Å². The van der Waals surface area contributed by atoms with Gasteiger partial charge in [0.2, 0.25) is 0 Å². The van der Waals surface area contributed by atoms with Gasteiger partial charge in [-0.1, -0.05) is 0 Å². The van der Waals surface area contributed by atoms with Crippen molar-refractivity contribution in [2.45, 2.75) is 12.6 Å². The molecule has 5 N–H and O–H groups in total. The zero-order chi connectivity index (χ0) is 16.9. The average molecular weight is 347 g/mol. The van der Waals surface area contributed by atoms with Crippen LogP contribution in [0.2, 0.25) is 0 Å². The molecule has 2 aromatic rings. The fourth-order valence-corrected chi connectivity index (χ4v) is 2.31. The molecule has 0 amide bonds. The summed E-state index contributed by atoms with van der Waals surface area (Å²) in [5.74, 6) is 0.229. The summed E-state index contributed by atoms with van der Waals surface area (Å²) >= 11 is 0. The second-order valence-corrected chi connectivity index (χ2v) is 6.21. The van der Waals surface area contributed by atoms with Gasteiger partial charge >= 0.3 is 7.60 Å². The Kier molecular flexibility index (Phi) is 5.99. The molecule has 23 heavy (non-hydrogen) atoms. The van der Waals surface area contributed by atoms with Crippen LogP contribution >= 0.6 is 7.60 Å². The Balaban J connectivity index is 2.10. The number of ether oxygens (including phenoxy) is 2. The van der Waals surface area contributed by atoms with Crippen LogP contribution in [-0.2, 0) is 14.0 Å². The molecule has 0 aliphatic rings. The van der Waals surface area contributed by atoms with Crippen molar-refractivity contribution < 1.29 is 28.9 Å². The summed E-state index contributed by atoms with van der Waals surface area (Å²) in [6.07, 6.45) is 1.79. The van der Waals surface area contributed by atoms with E-state index < -0.39 is 20.2 Å². The van der Waals surface area contributed by atoms with E-state index in [0.717, 1.165) is 0 Å². The SMILES string of the molecule is Nc1ncnc2c1ncn2[C@@H](CCOCP(=O)(O)O)OCCO. The maximum Gasteiger partial charge on any atom is 0.350 e. The minimum absolute atomic E-state index is 0.0431. The number of hydrogen-bond donors (Lipinski definition) is 4. The van der Waals surface area contributed by atoms with Crippen molar-refractivity contribution in [3.8, 4) is 0 Å². The molecule has 2 heterocycles. The van der Waals surface area contributed by atoms with Crippen molar-refractivity contribution in [3.05, 3.63) is 12.7 Å². The predicted octanol–water partition coefficient (Wildman–Crippen LogP) is -0.542. The molecule has 0 spiro atoms. The van der Waals surface area contributed by atoms with Gasteiger partial charge in [0.25, 0.3) is 0 Å². The summed E-state index contributed by atoms with van der Waals surface area (Å²) in [5.41, 5.74) is 6.59. The predicted molar refractivity (Wildman–Crippen MR) is 79.3 cm³/mol. The van der Waals surface area contributed by atoms with Crippen LogP contribution < -0.4 is 5.73 Å². The third-order valence-electron chi connectivity index (χ3n) is 2.87. The van der Waals surface area contributed by atoms with E-state index in [1.165, 1.54) is 12.7 Å². The highest BCUT2D eigenvalue weighted by atomic mass is 31.2. The van der Waals surface area contributed by atoms with Gasteiger partial charge in [0, 0.05) is 6.42 Å². The van der Waals surface area contributed by atoms with Gasteiger partial charge in [-0.05, 0) is 0 Å². The summed E-state index contributed by atoms with van der Waals surface area (Å²) in [5, 5.41) is 8.92. The molecule has 0 unspecified atom stereocenters. The van der Waals surface area contributed by atoms with Crippen molar-refractivity contribution in [3.63, 3.8) is 0 Å². The molecule has 1 atom stereocenters. The fraction of sp³-hybridized carbons (Fsp3) is 0.545. The lowest BCUT2D eigenvalue weighted by Gasteiger charge is -2.19. The maximum atomic E-state index is 10.7. The number of anilines is 1. The van der Waals surface area contributed by atoms with E-state index in [-0.39, 0.29) is 32.1 Å². The first-order chi connectivity index (χ1) is 10.9. The van der Waals surface area contributed by atoms with Crippen LogP contribution in [0.5, 0.6) is 0 Å². The highest BCUT2D eigenvalue weighted by Gasteiger charge is 2.18. The van der Waals surface area contributed by atoms with Crippen LogP contribution in [0.25, 0.3) is 11.2 Å². The van der Waals surface area contributed by atoms with Crippen molar-refractivity contribution in [2.75, 3.05) is 31.9 Å². The highest BCUT2D eigenvalue weighted by molar-refractivity contribution is 7.51. The largest absolute Gasteiger partial charge is 0.394 e. The van der Waals surface area contributed by atoms with Crippen LogP contribution in [0.4, 0.5) is 5.82 Å². The summed E-state index contributed by atoms with van der Waals surface area (Å²) in [7, 11) is -4.21. The molecular formula is C11H18N5O6P. The highest BCUT2D eigenvalue weighted by Crippen LogP contribution is 2.34. The Morgan fingerprint density at radius 2 is 2.09 bits per heavy atom. The number of nitrogen functional groups attached to an aromatic ring is 1. The molecule has 0 saturated heterocycles. The Labute approximate surface area is 131 Å². The smallest absolute Gasteiger partial charge is 0.350 e. The fourth-order valence-electron chi connectivity index (χ4n) is 1.94. The summed E-state index contributed by atoms with van der Waals surface area (Å²) in [6.45, 7) is -0.0611. The number of aliphatic hydroxyl groups is 1. The second-order valence-electron chi connectivity index (χ2n) is 4.62. The molecule has 2 rings (SSSR count). The molecule has 0 aromatic carbocycles. The minimum Gasteiger partial charge on any atom is -0.394 e. The normalized spacial score (nSPS) is 13.5. The lowest BCUT2D eigenvalue weighted by atomic mass is 10.4. The summed E-state index contributed by atoms with van der Waals surface area (Å²) in [4.78, 5) is 29.6. The van der Waals surface area contributed by atoms with E-state index in [9.17, 15) is 4.57 Å². The molecule has 11 nitrogen and oxygen atoms in total. The van der Waals surface area contributed by atoms with E-state index in [4.69, 9.17) is 30.1 Å². The van der Waals surface area contributed by atoms with Crippen LogP contribution in [0.1, 0.15) is 12.6 Å². The number of aromatic nitrogens is 4. The van der Waals surface area contributed by atoms with Gasteiger partial charge in [0.05, 0.1) is 26.1 Å². The monoisotopic (exact) mass is 347 g/mol. The van der Waals surface area contributed by atoms with E-state index in [1.807, 2.05) is 0 Å². The van der Waals surface area contributed by atoms with Gasteiger partial charge in [0.15, 0.2) is 11.5 Å². The molecule has 2 aromatic heterocycles. The van der Waals surface area contributed by atoms with Crippen LogP contribution in [0.3, 0.4) is 0 Å². The Morgan fingerprint density at radius 3 is 2.78 bits per heavy atom. The molecule has 0 aliphatic heterocycles. The van der Waals surface area contributed by atoms with Gasteiger partial charge in [-0.25, -0.2) is 15.0 Å². The van der Waals surface area contributed by atoms with Crippen molar-refractivity contribution >= 4 is 24.6 Å². The first-order valence-corrected chi connectivity index (χ1v) is 8.50. The van der Waals surface area contributed by atoms with E-state index in [1.54, 1.807) is 4.57 Å². The molecule has 0 fully saturated rings. The molecule has 0 radical (unpaired) electrons. The lowest BCUT2D eigenvalue weighted by Crippen LogP contribution is -2.17. The number of imidazole rings is 1. The quantitative estimate of drug-likeness (QED) is 0.341. The van der Waals surface area contributed by atoms with Gasteiger partial charge < -0.3 is 30.1 Å². The number of aliphatic hydroxyl groups excluding tert-OH is 1. The number of hydrogen-bond acceptors (Lipinski definition) is 8. The molecular weight excluding hydrogens is 329 g/mol. The van der Waals surface area contributed by atoms with Gasteiger partial charge in [0.1, 0.15) is 24.4 Å². The van der Waals surface area contributed by atoms with Crippen molar-refractivity contribution in [1.82, 2.24) is 19.5 Å². The average Bonchev–Trinajstić information content (AvgIpc) is 2.91. The van der Waals surface area contributed by atoms with Gasteiger partial charge in [-0.3, -0.25) is 9.13 Å². The van der Waals surface area contributed by atoms with Gasteiger partial charge in [-0.15, -0.1) is 0 Å². The maximum absolute atomic E-state index is 10.7. The number of nitrogens with zero attached hydrogens (tertiary/aromatic N) is 4. The minimum atomic E-state index is -4.21. The third kappa shape index (κ3) is 4.93. The van der Waals surface area contributed by atoms with Crippen LogP contribution in [0, 0.1) is 0 Å². The Bertz CT molecular complexity index is 689. The molecule has 0 bridgehead atoms. The summed E-state index contributed by atoms with van der Waals surface area (Å²) in [6, 6.07) is 0.